The normalized spacial score (nSPS) is 23.4. The lowest BCUT2D eigenvalue weighted by atomic mass is 9.76. The maximum absolute atomic E-state index is 11.6. The lowest BCUT2D eigenvalue weighted by Crippen LogP contribution is -2.33. The molecule has 7 rings (SSSR count). The van der Waals surface area contributed by atoms with E-state index in [1.807, 2.05) is 55.6 Å². The SMILES string of the molecule is Cn1nc(OCC[C@]23C[C@H](O)[C@](C)(O2)c2c3c(O)n(-c3ccc(C#N)c4ccccc34)c2O)c2ccccc21. The lowest BCUT2D eigenvalue weighted by molar-refractivity contribution is -0.107. The average Bonchev–Trinajstić information content (AvgIpc) is 3.58. The van der Waals surface area contributed by atoms with Crippen molar-refractivity contribution in [1.29, 1.82) is 5.26 Å². The predicted octanol–water partition coefficient (Wildman–Crippen LogP) is 4.47. The van der Waals surface area contributed by atoms with Crippen LogP contribution in [-0.4, -0.2) is 42.4 Å². The van der Waals surface area contributed by atoms with Crippen LogP contribution in [0, 0.1) is 11.3 Å². The molecule has 0 spiro atoms. The molecular formula is C30H26N4O5. The van der Waals surface area contributed by atoms with Gasteiger partial charge in [0.2, 0.25) is 17.6 Å². The summed E-state index contributed by atoms with van der Waals surface area (Å²) in [6.07, 6.45) is -0.323. The number of aliphatic hydroxyl groups is 1. The molecule has 2 aliphatic rings. The van der Waals surface area contributed by atoms with Gasteiger partial charge in [-0.3, -0.25) is 9.25 Å². The molecule has 0 saturated carbocycles. The molecule has 2 aromatic heterocycles. The summed E-state index contributed by atoms with van der Waals surface area (Å²) in [6, 6.07) is 20.7. The zero-order chi connectivity index (χ0) is 27.1. The Bertz CT molecular complexity index is 1850. The number of aromatic nitrogens is 3. The topological polar surface area (TPSA) is 126 Å². The summed E-state index contributed by atoms with van der Waals surface area (Å²) in [5, 5.41) is 50.6. The second kappa shape index (κ2) is 7.99. The summed E-state index contributed by atoms with van der Waals surface area (Å²) >= 11 is 0. The van der Waals surface area contributed by atoms with E-state index >= 15 is 0 Å². The number of ether oxygens (including phenoxy) is 2. The van der Waals surface area contributed by atoms with Crippen LogP contribution >= 0.6 is 0 Å². The van der Waals surface area contributed by atoms with Crippen molar-refractivity contribution in [2.24, 2.45) is 7.05 Å². The van der Waals surface area contributed by atoms with E-state index in [1.54, 1.807) is 23.7 Å². The molecule has 39 heavy (non-hydrogen) atoms. The molecule has 1 fully saturated rings. The third-order valence-corrected chi connectivity index (χ3v) is 8.37. The Kier molecular flexibility index (Phi) is 4.83. The fourth-order valence-corrected chi connectivity index (χ4v) is 6.52. The molecule has 5 aromatic rings. The van der Waals surface area contributed by atoms with Crippen LogP contribution in [0.5, 0.6) is 17.6 Å². The molecule has 0 radical (unpaired) electrons. The van der Waals surface area contributed by atoms with Crippen LogP contribution in [0.3, 0.4) is 0 Å². The minimum atomic E-state index is -1.21. The number of hydrogen-bond acceptors (Lipinski definition) is 7. The van der Waals surface area contributed by atoms with Gasteiger partial charge in [-0.2, -0.15) is 5.26 Å². The first-order valence-corrected chi connectivity index (χ1v) is 12.8. The first-order chi connectivity index (χ1) is 18.8. The second-order valence-electron chi connectivity index (χ2n) is 10.5. The maximum Gasteiger partial charge on any atom is 0.240 e. The Morgan fingerprint density at radius 3 is 2.49 bits per heavy atom. The van der Waals surface area contributed by atoms with Gasteiger partial charge in [-0.05, 0) is 31.2 Å². The third kappa shape index (κ3) is 3.04. The predicted molar refractivity (Wildman–Crippen MR) is 143 cm³/mol. The van der Waals surface area contributed by atoms with Crippen molar-refractivity contribution < 1.29 is 24.8 Å². The van der Waals surface area contributed by atoms with Crippen molar-refractivity contribution in [3.63, 3.8) is 0 Å². The molecule has 2 aliphatic heterocycles. The Labute approximate surface area is 223 Å². The van der Waals surface area contributed by atoms with Gasteiger partial charge in [-0.25, -0.2) is 0 Å². The Balaban J connectivity index is 1.31. The van der Waals surface area contributed by atoms with Crippen LogP contribution in [0.4, 0.5) is 0 Å². The van der Waals surface area contributed by atoms with Crippen molar-refractivity contribution in [3.05, 3.63) is 77.4 Å². The highest BCUT2D eigenvalue weighted by molar-refractivity contribution is 5.95. The molecule has 1 saturated heterocycles. The average molecular weight is 523 g/mol. The summed E-state index contributed by atoms with van der Waals surface area (Å²) in [5.74, 6) is 0.145. The van der Waals surface area contributed by atoms with Gasteiger partial charge >= 0.3 is 0 Å². The highest BCUT2D eigenvalue weighted by Crippen LogP contribution is 2.65. The molecule has 4 heterocycles. The van der Waals surface area contributed by atoms with Crippen molar-refractivity contribution in [3.8, 4) is 29.4 Å². The van der Waals surface area contributed by atoms with Gasteiger partial charge in [0.05, 0.1) is 52.1 Å². The van der Waals surface area contributed by atoms with E-state index in [0.717, 1.165) is 10.9 Å². The molecule has 0 unspecified atom stereocenters. The van der Waals surface area contributed by atoms with Crippen molar-refractivity contribution in [2.45, 2.75) is 37.1 Å². The Morgan fingerprint density at radius 1 is 1.03 bits per heavy atom. The van der Waals surface area contributed by atoms with E-state index < -0.39 is 17.3 Å². The van der Waals surface area contributed by atoms with E-state index in [1.165, 1.54) is 4.57 Å². The first kappa shape index (κ1) is 23.6. The van der Waals surface area contributed by atoms with Gasteiger partial charge < -0.3 is 24.8 Å². The molecule has 0 amide bonds. The quantitative estimate of drug-likeness (QED) is 0.311. The number of nitriles is 1. The minimum Gasteiger partial charge on any atom is -0.494 e. The number of rotatable bonds is 5. The fraction of sp³-hybridized carbons (Fsp3) is 0.267. The van der Waals surface area contributed by atoms with E-state index in [2.05, 4.69) is 11.2 Å². The highest BCUT2D eigenvalue weighted by Gasteiger charge is 2.66. The summed E-state index contributed by atoms with van der Waals surface area (Å²) in [4.78, 5) is 0. The summed E-state index contributed by atoms with van der Waals surface area (Å²) in [5.41, 5.74) is 0.521. The van der Waals surface area contributed by atoms with Gasteiger partial charge in [0, 0.05) is 30.7 Å². The molecule has 0 aliphatic carbocycles. The van der Waals surface area contributed by atoms with E-state index in [-0.39, 0.29) is 24.8 Å². The van der Waals surface area contributed by atoms with Gasteiger partial charge in [-0.15, -0.1) is 5.10 Å². The minimum absolute atomic E-state index is 0.156. The summed E-state index contributed by atoms with van der Waals surface area (Å²) < 4.78 is 15.7. The maximum atomic E-state index is 11.6. The zero-order valence-electron chi connectivity index (χ0n) is 21.4. The molecule has 2 bridgehead atoms. The van der Waals surface area contributed by atoms with Gasteiger partial charge in [-0.1, -0.05) is 36.4 Å². The van der Waals surface area contributed by atoms with Crippen LogP contribution < -0.4 is 4.74 Å². The third-order valence-electron chi connectivity index (χ3n) is 8.37. The van der Waals surface area contributed by atoms with Gasteiger partial charge in [0.15, 0.2) is 0 Å². The number of aromatic hydroxyl groups is 2. The smallest absolute Gasteiger partial charge is 0.240 e. The van der Waals surface area contributed by atoms with Crippen molar-refractivity contribution in [2.75, 3.05) is 6.61 Å². The zero-order valence-corrected chi connectivity index (χ0v) is 21.4. The number of benzene rings is 3. The monoisotopic (exact) mass is 522 g/mol. The number of aliphatic hydroxyl groups excluding tert-OH is 1. The molecule has 196 valence electrons. The van der Waals surface area contributed by atoms with Gasteiger partial charge in [0.25, 0.3) is 0 Å². The Morgan fingerprint density at radius 2 is 1.72 bits per heavy atom. The fourth-order valence-electron chi connectivity index (χ4n) is 6.52. The standard InChI is InChI=1S/C30H26N4O5/c1-29-23(35)15-30(39-29,13-14-38-26-20-9-5-6-10-21(20)33(2)32-26)25-24(29)27(36)34(28(25)37)22-12-11-17(16-31)18-7-3-4-8-19(18)22/h3-12,23,35-37H,13-15H2,1-2H3/t23-,29-,30+/m0/s1. The second-order valence-corrected chi connectivity index (χ2v) is 10.5. The lowest BCUT2D eigenvalue weighted by Gasteiger charge is -2.26. The van der Waals surface area contributed by atoms with Crippen molar-refractivity contribution >= 4 is 21.7 Å². The largest absolute Gasteiger partial charge is 0.494 e. The van der Waals surface area contributed by atoms with Crippen molar-refractivity contribution in [1.82, 2.24) is 14.3 Å². The molecule has 9 heteroatoms. The number of hydrogen-bond donors (Lipinski definition) is 3. The van der Waals surface area contributed by atoms with Crippen LogP contribution in [0.1, 0.15) is 36.5 Å². The number of aryl methyl sites for hydroxylation is 1. The Hall–Kier alpha value is -4.52. The molecular weight excluding hydrogens is 496 g/mol. The first-order valence-electron chi connectivity index (χ1n) is 12.8. The number of nitrogens with zero attached hydrogens (tertiary/aromatic N) is 4. The van der Waals surface area contributed by atoms with Gasteiger partial charge in [0.1, 0.15) is 11.2 Å². The van der Waals surface area contributed by atoms with Crippen LogP contribution in [0.25, 0.3) is 27.4 Å². The molecule has 3 aromatic carbocycles. The van der Waals surface area contributed by atoms with E-state index in [0.29, 0.717) is 45.5 Å². The molecule has 3 N–H and O–H groups in total. The van der Waals surface area contributed by atoms with Crippen LogP contribution in [-0.2, 0) is 23.0 Å². The molecule has 3 atom stereocenters. The summed E-state index contributed by atoms with van der Waals surface area (Å²) in [6.45, 7) is 1.95. The van der Waals surface area contributed by atoms with Crippen LogP contribution in [0.2, 0.25) is 0 Å². The number of para-hydroxylation sites is 1. The number of fused-ring (bicyclic) bond motifs is 7. The van der Waals surface area contributed by atoms with E-state index in [4.69, 9.17) is 9.47 Å². The summed E-state index contributed by atoms with van der Waals surface area (Å²) in [7, 11) is 1.86. The molecule has 9 nitrogen and oxygen atoms in total. The highest BCUT2D eigenvalue weighted by atomic mass is 16.6. The van der Waals surface area contributed by atoms with E-state index in [9.17, 15) is 20.6 Å². The van der Waals surface area contributed by atoms with Crippen LogP contribution in [0.15, 0.2) is 60.7 Å².